The number of anilines is 1. The molecule has 1 aliphatic heterocycles. The zero-order valence-corrected chi connectivity index (χ0v) is 14.6. The van der Waals surface area contributed by atoms with Crippen LogP contribution in [0.4, 0.5) is 19.0 Å². The molecule has 0 radical (unpaired) electrons. The average Bonchev–Trinajstić information content (AvgIpc) is 3.16. The Kier molecular flexibility index (Phi) is 3.84. The Morgan fingerprint density at radius 3 is 2.76 bits per heavy atom. The van der Waals surface area contributed by atoms with Gasteiger partial charge in [0, 0.05) is 18.0 Å². The highest BCUT2D eigenvalue weighted by Gasteiger charge is 2.39. The first kappa shape index (κ1) is 16.5. The molecule has 4 heterocycles. The van der Waals surface area contributed by atoms with Crippen LogP contribution < -0.4 is 4.90 Å². The normalized spacial score (nSPS) is 15.0. The minimum absolute atomic E-state index is 0.120. The molecule has 0 unspecified atom stereocenters. The molecule has 3 aromatic heterocycles. The largest absolute Gasteiger partial charge is 0.451 e. The van der Waals surface area contributed by atoms with Crippen LogP contribution in [-0.4, -0.2) is 31.3 Å². The summed E-state index contributed by atoms with van der Waals surface area (Å²) in [6.45, 7) is 2.71. The van der Waals surface area contributed by atoms with Crippen molar-refractivity contribution < 1.29 is 13.2 Å². The van der Waals surface area contributed by atoms with Gasteiger partial charge in [-0.25, -0.2) is 4.98 Å². The standard InChI is InChI=1S/C14H12ClF3N6S/c1-2-7-5-8-10(19-13(15)20-11(8)25-7)23-3-4-24-9(6-23)21-22-12(24)14(16,17)18/h5H,2-4,6H2,1H3. The van der Waals surface area contributed by atoms with Crippen molar-refractivity contribution in [2.75, 3.05) is 11.4 Å². The summed E-state index contributed by atoms with van der Waals surface area (Å²) in [5.74, 6) is -0.0852. The lowest BCUT2D eigenvalue weighted by Crippen LogP contribution is -2.36. The van der Waals surface area contributed by atoms with E-state index in [0.29, 0.717) is 12.4 Å². The van der Waals surface area contributed by atoms with Gasteiger partial charge in [0.15, 0.2) is 5.82 Å². The Balaban J connectivity index is 1.74. The lowest BCUT2D eigenvalue weighted by atomic mass is 10.2. The molecule has 0 spiro atoms. The van der Waals surface area contributed by atoms with Crippen molar-refractivity contribution in [2.45, 2.75) is 32.6 Å². The quantitative estimate of drug-likeness (QED) is 0.628. The van der Waals surface area contributed by atoms with E-state index in [1.807, 2.05) is 17.9 Å². The van der Waals surface area contributed by atoms with Gasteiger partial charge in [-0.3, -0.25) is 0 Å². The summed E-state index contributed by atoms with van der Waals surface area (Å²) < 4.78 is 40.0. The molecule has 0 N–H and O–H groups in total. The van der Waals surface area contributed by atoms with Gasteiger partial charge in [0.25, 0.3) is 0 Å². The van der Waals surface area contributed by atoms with Crippen LogP contribution in [0, 0.1) is 0 Å². The van der Waals surface area contributed by atoms with Crippen LogP contribution in [-0.2, 0) is 25.7 Å². The monoisotopic (exact) mass is 388 g/mol. The molecule has 6 nitrogen and oxygen atoms in total. The SMILES string of the molecule is CCc1cc2c(N3CCn4c(nnc4C(F)(F)F)C3)nc(Cl)nc2s1. The van der Waals surface area contributed by atoms with E-state index in [-0.39, 0.29) is 24.2 Å². The highest BCUT2D eigenvalue weighted by atomic mass is 35.5. The van der Waals surface area contributed by atoms with E-state index in [1.54, 1.807) is 0 Å². The summed E-state index contributed by atoms with van der Waals surface area (Å²) in [5.41, 5.74) is 0. The van der Waals surface area contributed by atoms with E-state index in [4.69, 9.17) is 11.6 Å². The number of hydrogen-bond acceptors (Lipinski definition) is 6. The van der Waals surface area contributed by atoms with Crippen LogP contribution in [0.25, 0.3) is 10.2 Å². The Morgan fingerprint density at radius 2 is 2.04 bits per heavy atom. The molecule has 11 heteroatoms. The van der Waals surface area contributed by atoms with Crippen molar-refractivity contribution in [3.8, 4) is 0 Å². The fourth-order valence-electron chi connectivity index (χ4n) is 2.89. The summed E-state index contributed by atoms with van der Waals surface area (Å²) in [4.78, 5) is 12.3. The molecule has 0 aromatic carbocycles. The predicted octanol–water partition coefficient (Wildman–Crippen LogP) is 3.54. The van der Waals surface area contributed by atoms with Gasteiger partial charge in [0.1, 0.15) is 10.6 Å². The molecule has 0 atom stereocenters. The minimum atomic E-state index is -4.51. The summed E-state index contributed by atoms with van der Waals surface area (Å²) in [7, 11) is 0. The second-order valence-corrected chi connectivity index (χ2v) is 7.07. The van der Waals surface area contributed by atoms with Crippen molar-refractivity contribution in [3.63, 3.8) is 0 Å². The first-order valence-corrected chi connectivity index (χ1v) is 8.76. The van der Waals surface area contributed by atoms with Crippen molar-refractivity contribution >= 4 is 39.0 Å². The van der Waals surface area contributed by atoms with Crippen molar-refractivity contribution in [1.29, 1.82) is 0 Å². The summed E-state index contributed by atoms with van der Waals surface area (Å²) in [5, 5.41) is 7.98. The first-order valence-electron chi connectivity index (χ1n) is 7.57. The van der Waals surface area contributed by atoms with E-state index in [2.05, 4.69) is 20.2 Å². The zero-order valence-electron chi connectivity index (χ0n) is 13.0. The zero-order chi connectivity index (χ0) is 17.8. The minimum Gasteiger partial charge on any atom is -0.347 e. The Hall–Kier alpha value is -1.94. The van der Waals surface area contributed by atoms with Gasteiger partial charge in [-0.2, -0.15) is 18.2 Å². The first-order chi connectivity index (χ1) is 11.9. The van der Waals surface area contributed by atoms with Gasteiger partial charge in [-0.15, -0.1) is 21.5 Å². The molecule has 3 aromatic rings. The number of aromatic nitrogens is 5. The summed E-state index contributed by atoms with van der Waals surface area (Å²) in [6.07, 6.45) is -3.65. The number of aryl methyl sites for hydroxylation is 1. The molecule has 1 aliphatic rings. The average molecular weight is 389 g/mol. The molecule has 25 heavy (non-hydrogen) atoms. The van der Waals surface area contributed by atoms with Gasteiger partial charge < -0.3 is 9.47 Å². The number of alkyl halides is 3. The third-order valence-electron chi connectivity index (χ3n) is 4.05. The molecule has 0 aliphatic carbocycles. The molecular weight excluding hydrogens is 377 g/mol. The lowest BCUT2D eigenvalue weighted by Gasteiger charge is -2.29. The van der Waals surface area contributed by atoms with Gasteiger partial charge in [0.05, 0.1) is 11.9 Å². The Labute approximate surface area is 149 Å². The number of hydrogen-bond donors (Lipinski definition) is 0. The van der Waals surface area contributed by atoms with Crippen molar-refractivity contribution in [2.24, 2.45) is 0 Å². The highest BCUT2D eigenvalue weighted by molar-refractivity contribution is 7.18. The van der Waals surface area contributed by atoms with Crippen molar-refractivity contribution in [1.82, 2.24) is 24.7 Å². The topological polar surface area (TPSA) is 59.7 Å². The molecule has 132 valence electrons. The smallest absolute Gasteiger partial charge is 0.347 e. The van der Waals surface area contributed by atoms with Crippen LogP contribution in [0.5, 0.6) is 0 Å². The maximum absolute atomic E-state index is 13.0. The van der Waals surface area contributed by atoms with Crippen LogP contribution in [0.2, 0.25) is 5.28 Å². The fourth-order valence-corrected chi connectivity index (χ4v) is 4.07. The van der Waals surface area contributed by atoms with E-state index in [0.717, 1.165) is 26.1 Å². The summed E-state index contributed by atoms with van der Waals surface area (Å²) in [6, 6.07) is 2.01. The number of rotatable bonds is 2. The second-order valence-electron chi connectivity index (χ2n) is 5.61. The van der Waals surface area contributed by atoms with Crippen LogP contribution in [0.3, 0.4) is 0 Å². The number of thiophene rings is 1. The molecule has 0 fully saturated rings. The third-order valence-corrected chi connectivity index (χ3v) is 5.39. The van der Waals surface area contributed by atoms with E-state index in [9.17, 15) is 13.2 Å². The molecule has 0 amide bonds. The molecule has 0 saturated heterocycles. The summed E-state index contributed by atoms with van der Waals surface area (Å²) >= 11 is 7.57. The van der Waals surface area contributed by atoms with Gasteiger partial charge in [0.2, 0.25) is 11.1 Å². The number of fused-ring (bicyclic) bond motifs is 2. The van der Waals surface area contributed by atoms with E-state index >= 15 is 0 Å². The third kappa shape index (κ3) is 2.82. The van der Waals surface area contributed by atoms with Crippen LogP contribution in [0.1, 0.15) is 23.4 Å². The number of halogens is 4. The van der Waals surface area contributed by atoms with Crippen molar-refractivity contribution in [3.05, 3.63) is 27.9 Å². The predicted molar refractivity (Wildman–Crippen MR) is 87.9 cm³/mol. The number of nitrogens with zero attached hydrogens (tertiary/aromatic N) is 6. The fraction of sp³-hybridized carbons (Fsp3) is 0.429. The maximum atomic E-state index is 13.0. The molecule has 0 saturated carbocycles. The van der Waals surface area contributed by atoms with Gasteiger partial charge in [-0.05, 0) is 24.1 Å². The molecule has 4 rings (SSSR count). The van der Waals surface area contributed by atoms with E-state index < -0.39 is 12.0 Å². The van der Waals surface area contributed by atoms with E-state index in [1.165, 1.54) is 11.3 Å². The van der Waals surface area contributed by atoms with Gasteiger partial charge >= 0.3 is 6.18 Å². The Morgan fingerprint density at radius 1 is 1.24 bits per heavy atom. The van der Waals surface area contributed by atoms with Crippen LogP contribution in [0.15, 0.2) is 6.07 Å². The maximum Gasteiger partial charge on any atom is 0.451 e. The van der Waals surface area contributed by atoms with Gasteiger partial charge in [-0.1, -0.05) is 6.92 Å². The highest BCUT2D eigenvalue weighted by Crippen LogP contribution is 2.35. The lowest BCUT2D eigenvalue weighted by molar-refractivity contribution is -0.147. The molecule has 0 bridgehead atoms. The Bertz CT molecular complexity index is 950. The second kappa shape index (κ2) is 5.80. The molecular formula is C14H12ClF3N6S. The van der Waals surface area contributed by atoms with Crippen LogP contribution >= 0.6 is 22.9 Å².